The van der Waals surface area contributed by atoms with Crippen molar-refractivity contribution >= 4 is 75.1 Å². The van der Waals surface area contributed by atoms with E-state index in [1.54, 1.807) is 19.0 Å². The molecule has 20 heteroatoms. The van der Waals surface area contributed by atoms with Gasteiger partial charge in [-0.3, -0.25) is 0 Å². The van der Waals surface area contributed by atoms with Crippen LogP contribution in [0.1, 0.15) is 38.5 Å². The van der Waals surface area contributed by atoms with Gasteiger partial charge in [-0.2, -0.15) is 0 Å². The number of anilines is 3. The Balaban J connectivity index is 0.000000124. The molecule has 6 aromatic heterocycles. The van der Waals surface area contributed by atoms with Crippen LogP contribution in [-0.4, -0.2) is 160 Å². The summed E-state index contributed by atoms with van der Waals surface area (Å²) in [6, 6.07) is 7.64. The zero-order valence-electron chi connectivity index (χ0n) is 38.3. The highest BCUT2D eigenvalue weighted by Gasteiger charge is 2.46. The first kappa shape index (κ1) is 45.2. The van der Waals surface area contributed by atoms with Crippen molar-refractivity contribution in [2.24, 2.45) is 35.5 Å². The topological polar surface area (TPSA) is 206 Å². The molecule has 0 spiro atoms. The molecule has 9 atom stereocenters. The zero-order chi connectivity index (χ0) is 44.8. The fraction of sp³-hybridized carbons (Fsp3) is 0.565. The number of methoxy groups -OCH3 is 2. The van der Waals surface area contributed by atoms with E-state index in [9.17, 15) is 9.59 Å². The average molecular weight is 925 g/mol. The number of ether oxygens (including phenoxy) is 2. The molecule has 6 fully saturated rings. The van der Waals surface area contributed by atoms with Crippen LogP contribution >= 0.6 is 12.4 Å². The maximum Gasteiger partial charge on any atom is 0.409 e. The molecule has 0 bridgehead atoms. The first-order valence-electron chi connectivity index (χ1n) is 23.1. The summed E-state index contributed by atoms with van der Waals surface area (Å²) in [5.41, 5.74) is 2.67. The van der Waals surface area contributed by atoms with Crippen LogP contribution in [0.3, 0.4) is 0 Å². The summed E-state index contributed by atoms with van der Waals surface area (Å²) in [5.74, 6) is 6.97. The van der Waals surface area contributed by atoms with Crippen molar-refractivity contribution in [3.8, 4) is 0 Å². The lowest BCUT2D eigenvalue weighted by molar-refractivity contribution is 0.129. The van der Waals surface area contributed by atoms with E-state index >= 15 is 0 Å². The van der Waals surface area contributed by atoms with Gasteiger partial charge < -0.3 is 54.2 Å². The minimum absolute atomic E-state index is 0. The second-order valence-corrected chi connectivity index (χ2v) is 19.0. The highest BCUT2D eigenvalue weighted by Crippen LogP contribution is 2.43. The Morgan fingerprint density at radius 2 is 0.818 bits per heavy atom. The number of hydrogen-bond donors (Lipinski definition) is 4. The molecule has 3 aliphatic heterocycles. The monoisotopic (exact) mass is 923 g/mol. The molecule has 3 unspecified atom stereocenters. The molecule has 6 aromatic rings. The molecule has 3 saturated heterocycles. The number of carbonyl (C=O) groups excluding carboxylic acids is 2. The number of nitrogens with one attached hydrogen (secondary N) is 4. The van der Waals surface area contributed by atoms with E-state index in [0.29, 0.717) is 41.8 Å². The van der Waals surface area contributed by atoms with Crippen LogP contribution in [0.15, 0.2) is 55.8 Å². The van der Waals surface area contributed by atoms with E-state index in [1.807, 2.05) is 40.5 Å². The van der Waals surface area contributed by atoms with E-state index in [4.69, 9.17) is 9.47 Å². The van der Waals surface area contributed by atoms with Crippen LogP contribution in [0.5, 0.6) is 0 Å². The van der Waals surface area contributed by atoms with Gasteiger partial charge in [-0.1, -0.05) is 0 Å². The van der Waals surface area contributed by atoms with E-state index in [0.717, 1.165) is 114 Å². The molecule has 3 saturated carbocycles. The van der Waals surface area contributed by atoms with Crippen LogP contribution in [0.4, 0.5) is 27.0 Å². The number of hydrogen-bond acceptors (Lipinski definition) is 14. The van der Waals surface area contributed by atoms with Crippen LogP contribution < -0.4 is 20.0 Å². The molecule has 352 valence electrons. The van der Waals surface area contributed by atoms with E-state index in [2.05, 4.69) is 92.1 Å². The van der Waals surface area contributed by atoms with Crippen molar-refractivity contribution in [2.75, 3.05) is 89.3 Å². The van der Waals surface area contributed by atoms with Gasteiger partial charge in [-0.15, -0.1) is 12.4 Å². The third kappa shape index (κ3) is 8.62. The van der Waals surface area contributed by atoms with Crippen molar-refractivity contribution < 1.29 is 19.1 Å². The number of likely N-dealkylation sites (tertiary alicyclic amines) is 2. The summed E-state index contributed by atoms with van der Waals surface area (Å²) in [7, 11) is 9.29. The van der Waals surface area contributed by atoms with Gasteiger partial charge in [0, 0.05) is 84.0 Å². The number of rotatable bonds is 6. The fourth-order valence-electron chi connectivity index (χ4n) is 12.1. The predicted octanol–water partition coefficient (Wildman–Crippen LogP) is 5.56. The molecule has 19 nitrogen and oxygen atoms in total. The summed E-state index contributed by atoms with van der Waals surface area (Å²) >= 11 is 0. The lowest BCUT2D eigenvalue weighted by atomic mass is 10.0. The minimum atomic E-state index is -0.200. The SMILES string of the molecule is CN(c1ncnc2[nH]ccc12)C1C[C@H]2CNC[C@H]2C1.COC(=O)N1C[C@H]2CC(N(C)c3ncnc4[nH]ccc34)C[C@H]2C1.COC(=O)N1C[C@H]2CC(N(C)c3ncnc4[nH]ccc34)C[C@H]2C1.Cl. The van der Waals surface area contributed by atoms with Crippen LogP contribution in [-0.2, 0) is 9.47 Å². The molecule has 0 radical (unpaired) electrons. The lowest BCUT2D eigenvalue weighted by Gasteiger charge is -2.27. The Kier molecular flexibility index (Phi) is 13.1. The van der Waals surface area contributed by atoms with Gasteiger partial charge in [-0.05, 0) is 105 Å². The molecule has 6 aliphatic rings. The van der Waals surface area contributed by atoms with Gasteiger partial charge in [-0.25, -0.2) is 39.5 Å². The molecule has 2 amide bonds. The Labute approximate surface area is 390 Å². The van der Waals surface area contributed by atoms with Crippen molar-refractivity contribution in [3.05, 3.63) is 55.8 Å². The third-order valence-electron chi connectivity index (χ3n) is 15.6. The van der Waals surface area contributed by atoms with Gasteiger partial charge in [0.1, 0.15) is 53.4 Å². The summed E-state index contributed by atoms with van der Waals surface area (Å²) in [4.78, 5) is 69.6. The van der Waals surface area contributed by atoms with Crippen molar-refractivity contribution in [1.29, 1.82) is 0 Å². The Morgan fingerprint density at radius 1 is 0.515 bits per heavy atom. The molecule has 66 heavy (non-hydrogen) atoms. The molecule has 9 heterocycles. The number of carbonyl (C=O) groups is 2. The number of fused-ring (bicyclic) bond motifs is 6. The first-order valence-corrected chi connectivity index (χ1v) is 23.1. The maximum absolute atomic E-state index is 11.7. The number of aromatic nitrogens is 9. The van der Waals surface area contributed by atoms with Gasteiger partial charge in [0.05, 0.1) is 30.4 Å². The van der Waals surface area contributed by atoms with Gasteiger partial charge >= 0.3 is 12.2 Å². The van der Waals surface area contributed by atoms with E-state index in [1.165, 1.54) is 40.2 Å². The highest BCUT2D eigenvalue weighted by molar-refractivity contribution is 5.89. The summed E-state index contributed by atoms with van der Waals surface area (Å²) in [5, 5.41) is 6.74. The molecular weight excluding hydrogens is 862 g/mol. The number of amides is 2. The number of halogens is 1. The van der Waals surface area contributed by atoms with Crippen LogP contribution in [0.2, 0.25) is 0 Å². The second-order valence-electron chi connectivity index (χ2n) is 19.0. The largest absolute Gasteiger partial charge is 0.453 e. The second kappa shape index (κ2) is 19.1. The predicted molar refractivity (Wildman–Crippen MR) is 255 cm³/mol. The molecular formula is C46H62ClN15O4. The van der Waals surface area contributed by atoms with E-state index in [-0.39, 0.29) is 24.6 Å². The molecule has 12 rings (SSSR count). The third-order valence-corrected chi connectivity index (χ3v) is 15.6. The number of nitrogens with zero attached hydrogens (tertiary/aromatic N) is 11. The van der Waals surface area contributed by atoms with Crippen molar-refractivity contribution in [3.63, 3.8) is 0 Å². The maximum atomic E-state index is 11.7. The molecule has 3 aliphatic carbocycles. The molecule has 0 aromatic carbocycles. The first-order chi connectivity index (χ1) is 31.7. The van der Waals surface area contributed by atoms with Gasteiger partial charge in [0.2, 0.25) is 0 Å². The fourth-order valence-corrected chi connectivity index (χ4v) is 12.1. The van der Waals surface area contributed by atoms with Crippen LogP contribution in [0.25, 0.3) is 33.1 Å². The quantitative estimate of drug-likeness (QED) is 0.162. The normalized spacial score (nSPS) is 27.1. The minimum Gasteiger partial charge on any atom is -0.453 e. The van der Waals surface area contributed by atoms with Gasteiger partial charge in [0.15, 0.2) is 0 Å². The Hall–Kier alpha value is -5.95. The molecule has 4 N–H and O–H groups in total. The lowest BCUT2D eigenvalue weighted by Crippen LogP contribution is -2.34. The zero-order valence-corrected chi connectivity index (χ0v) is 39.2. The average Bonchev–Trinajstić information content (AvgIpc) is 4.17. The Morgan fingerprint density at radius 3 is 1.12 bits per heavy atom. The Bertz CT molecular complexity index is 2460. The summed E-state index contributed by atoms with van der Waals surface area (Å²) < 4.78 is 9.68. The summed E-state index contributed by atoms with van der Waals surface area (Å²) in [6.07, 6.45) is 17.1. The highest BCUT2D eigenvalue weighted by atomic mass is 35.5. The standard InChI is InChI=1S/2C16H21N5O2.C14H19N5.ClH/c2*1-20(15-13-3-4-17-14(13)18-9-19-15)12-5-10-7-21(16(22)23-2)8-11(10)6-12;1-19(11-4-9-6-15-7-10(9)5-11)14-12-2-3-16-13(12)17-8-18-14;/h2*3-4,9-12H,5-8H2,1-2H3,(H,17,18,19);2-3,8-11,15H,4-7H2,1H3,(H,16,17,18);1H/t2*10-,11+,12?;9-,10+,11?;. The van der Waals surface area contributed by atoms with Gasteiger partial charge in [0.25, 0.3) is 0 Å². The summed E-state index contributed by atoms with van der Waals surface area (Å²) in [6.45, 7) is 5.63. The van der Waals surface area contributed by atoms with Crippen LogP contribution in [0, 0.1) is 35.5 Å². The van der Waals surface area contributed by atoms with E-state index < -0.39 is 0 Å². The van der Waals surface area contributed by atoms with Crippen molar-refractivity contribution in [2.45, 2.75) is 56.7 Å². The number of H-pyrrole nitrogens is 3. The number of aromatic amines is 3. The van der Waals surface area contributed by atoms with Crippen molar-refractivity contribution in [1.82, 2.24) is 60.0 Å². The smallest absolute Gasteiger partial charge is 0.409 e.